The quantitative estimate of drug-likeness (QED) is 0.582. The standard InChI is InChI=1S/C9H12FNO2/c1-4-3-6(5(2)11)7(10)9(13)8(4)12/h3,5,12-13H,11H2,1-2H3. The minimum absolute atomic E-state index is 0.202. The number of hydrogen-bond acceptors (Lipinski definition) is 3. The Labute approximate surface area is 75.6 Å². The highest BCUT2D eigenvalue weighted by Crippen LogP contribution is 2.35. The molecule has 3 nitrogen and oxygen atoms in total. The molecule has 4 heteroatoms. The van der Waals surface area contributed by atoms with Gasteiger partial charge in [0.2, 0.25) is 0 Å². The summed E-state index contributed by atoms with van der Waals surface area (Å²) in [4.78, 5) is 0. The van der Waals surface area contributed by atoms with Crippen molar-refractivity contribution >= 4 is 0 Å². The molecule has 1 atom stereocenters. The lowest BCUT2D eigenvalue weighted by atomic mass is 10.0. The number of phenolic OH excluding ortho intramolecular Hbond substituents is 2. The van der Waals surface area contributed by atoms with Gasteiger partial charge in [-0.15, -0.1) is 0 Å². The van der Waals surface area contributed by atoms with Crippen LogP contribution >= 0.6 is 0 Å². The van der Waals surface area contributed by atoms with Crippen molar-refractivity contribution in [2.45, 2.75) is 19.9 Å². The lowest BCUT2D eigenvalue weighted by molar-refractivity contribution is 0.373. The van der Waals surface area contributed by atoms with Crippen LogP contribution in [0.1, 0.15) is 24.1 Å². The van der Waals surface area contributed by atoms with Gasteiger partial charge < -0.3 is 15.9 Å². The third kappa shape index (κ3) is 1.58. The summed E-state index contributed by atoms with van der Waals surface area (Å²) in [5.41, 5.74) is 6.08. The van der Waals surface area contributed by atoms with E-state index in [4.69, 9.17) is 15.9 Å². The summed E-state index contributed by atoms with van der Waals surface area (Å²) in [6.45, 7) is 3.18. The number of aryl methyl sites for hydroxylation is 1. The fraction of sp³-hybridized carbons (Fsp3) is 0.333. The summed E-state index contributed by atoms with van der Waals surface area (Å²) < 4.78 is 13.2. The monoisotopic (exact) mass is 185 g/mol. The molecule has 0 aliphatic heterocycles. The van der Waals surface area contributed by atoms with E-state index in [2.05, 4.69) is 0 Å². The number of hydrogen-bond donors (Lipinski definition) is 3. The van der Waals surface area contributed by atoms with Crippen molar-refractivity contribution in [2.75, 3.05) is 0 Å². The lowest BCUT2D eigenvalue weighted by Crippen LogP contribution is -2.08. The molecule has 1 aromatic rings. The lowest BCUT2D eigenvalue weighted by Gasteiger charge is -2.11. The molecule has 1 rings (SSSR count). The first-order valence-corrected chi connectivity index (χ1v) is 3.91. The second-order valence-electron chi connectivity index (χ2n) is 3.08. The maximum Gasteiger partial charge on any atom is 0.194 e. The zero-order valence-corrected chi connectivity index (χ0v) is 7.50. The number of phenols is 2. The zero-order valence-electron chi connectivity index (χ0n) is 7.50. The minimum Gasteiger partial charge on any atom is -0.504 e. The first-order valence-electron chi connectivity index (χ1n) is 3.91. The second-order valence-corrected chi connectivity index (χ2v) is 3.08. The molecule has 0 radical (unpaired) electrons. The number of benzene rings is 1. The molecule has 0 saturated carbocycles. The second kappa shape index (κ2) is 3.22. The van der Waals surface area contributed by atoms with Crippen molar-refractivity contribution < 1.29 is 14.6 Å². The van der Waals surface area contributed by atoms with Crippen molar-refractivity contribution in [1.82, 2.24) is 0 Å². The molecular weight excluding hydrogens is 173 g/mol. The highest BCUT2D eigenvalue weighted by Gasteiger charge is 2.16. The van der Waals surface area contributed by atoms with E-state index in [9.17, 15) is 4.39 Å². The average Bonchev–Trinajstić information content (AvgIpc) is 2.07. The smallest absolute Gasteiger partial charge is 0.194 e. The Morgan fingerprint density at radius 3 is 2.38 bits per heavy atom. The Balaban J connectivity index is 3.41. The van der Waals surface area contributed by atoms with Gasteiger partial charge >= 0.3 is 0 Å². The van der Waals surface area contributed by atoms with Crippen molar-refractivity contribution in [2.24, 2.45) is 5.73 Å². The maximum atomic E-state index is 13.2. The Morgan fingerprint density at radius 1 is 1.38 bits per heavy atom. The van der Waals surface area contributed by atoms with Crippen LogP contribution in [-0.4, -0.2) is 10.2 Å². The van der Waals surface area contributed by atoms with Crippen molar-refractivity contribution in [3.63, 3.8) is 0 Å². The van der Waals surface area contributed by atoms with Gasteiger partial charge in [0.25, 0.3) is 0 Å². The number of halogens is 1. The van der Waals surface area contributed by atoms with Crippen LogP contribution in [0.3, 0.4) is 0 Å². The van der Waals surface area contributed by atoms with Crippen LogP contribution in [0, 0.1) is 12.7 Å². The van der Waals surface area contributed by atoms with Gasteiger partial charge in [-0.3, -0.25) is 0 Å². The molecule has 0 bridgehead atoms. The van der Waals surface area contributed by atoms with E-state index in [0.29, 0.717) is 5.56 Å². The molecule has 0 amide bonds. The fourth-order valence-corrected chi connectivity index (χ4v) is 1.12. The summed E-state index contributed by atoms with van der Waals surface area (Å²) in [7, 11) is 0. The van der Waals surface area contributed by atoms with E-state index in [1.807, 2.05) is 0 Å². The summed E-state index contributed by atoms with van der Waals surface area (Å²) in [6.07, 6.45) is 0. The largest absolute Gasteiger partial charge is 0.504 e. The number of rotatable bonds is 1. The normalized spacial score (nSPS) is 12.9. The molecular formula is C9H12FNO2. The van der Waals surface area contributed by atoms with Crippen molar-refractivity contribution in [1.29, 1.82) is 0 Å². The molecule has 72 valence electrons. The Morgan fingerprint density at radius 2 is 1.92 bits per heavy atom. The van der Waals surface area contributed by atoms with Crippen LogP contribution in [-0.2, 0) is 0 Å². The zero-order chi connectivity index (χ0) is 10.2. The van der Waals surface area contributed by atoms with E-state index in [1.165, 1.54) is 6.07 Å². The van der Waals surface area contributed by atoms with Crippen LogP contribution in [0.25, 0.3) is 0 Å². The van der Waals surface area contributed by atoms with Gasteiger partial charge in [-0.1, -0.05) is 0 Å². The van der Waals surface area contributed by atoms with E-state index in [-0.39, 0.29) is 5.56 Å². The third-order valence-electron chi connectivity index (χ3n) is 1.92. The molecule has 0 spiro atoms. The molecule has 0 heterocycles. The predicted octanol–water partition coefficient (Wildman–Crippen LogP) is 1.57. The van der Waals surface area contributed by atoms with E-state index in [0.717, 1.165) is 0 Å². The van der Waals surface area contributed by atoms with E-state index >= 15 is 0 Å². The van der Waals surface area contributed by atoms with Gasteiger partial charge in [0.05, 0.1) is 0 Å². The van der Waals surface area contributed by atoms with Gasteiger partial charge in [-0.05, 0) is 25.5 Å². The van der Waals surface area contributed by atoms with E-state index < -0.39 is 23.4 Å². The molecule has 13 heavy (non-hydrogen) atoms. The topological polar surface area (TPSA) is 66.5 Å². The minimum atomic E-state index is -0.849. The van der Waals surface area contributed by atoms with Gasteiger partial charge in [0, 0.05) is 11.6 Å². The van der Waals surface area contributed by atoms with Crippen LogP contribution in [0.2, 0.25) is 0 Å². The Bertz CT molecular complexity index is 337. The van der Waals surface area contributed by atoms with Crippen LogP contribution in [0.15, 0.2) is 6.07 Å². The average molecular weight is 185 g/mol. The van der Waals surface area contributed by atoms with Crippen LogP contribution < -0.4 is 5.73 Å². The number of nitrogens with two attached hydrogens (primary N) is 1. The third-order valence-corrected chi connectivity index (χ3v) is 1.92. The van der Waals surface area contributed by atoms with Gasteiger partial charge in [0.15, 0.2) is 17.3 Å². The molecule has 1 aromatic carbocycles. The molecule has 0 aromatic heterocycles. The predicted molar refractivity (Wildman–Crippen MR) is 47.1 cm³/mol. The van der Waals surface area contributed by atoms with Gasteiger partial charge in [-0.2, -0.15) is 0 Å². The first-order chi connectivity index (χ1) is 5.95. The summed E-state index contributed by atoms with van der Waals surface area (Å²) >= 11 is 0. The van der Waals surface area contributed by atoms with E-state index in [1.54, 1.807) is 13.8 Å². The Kier molecular flexibility index (Phi) is 2.43. The fourth-order valence-electron chi connectivity index (χ4n) is 1.12. The molecule has 0 aliphatic carbocycles. The van der Waals surface area contributed by atoms with Gasteiger partial charge in [-0.25, -0.2) is 4.39 Å². The van der Waals surface area contributed by atoms with Crippen molar-refractivity contribution in [3.05, 3.63) is 23.0 Å². The highest BCUT2D eigenvalue weighted by atomic mass is 19.1. The van der Waals surface area contributed by atoms with Crippen LogP contribution in [0.4, 0.5) is 4.39 Å². The Hall–Kier alpha value is -1.29. The van der Waals surface area contributed by atoms with Gasteiger partial charge in [0.1, 0.15) is 0 Å². The molecule has 0 aliphatic rings. The molecule has 0 saturated heterocycles. The van der Waals surface area contributed by atoms with Crippen molar-refractivity contribution in [3.8, 4) is 11.5 Å². The SMILES string of the molecule is Cc1cc(C(C)N)c(F)c(O)c1O. The highest BCUT2D eigenvalue weighted by molar-refractivity contribution is 5.48. The first kappa shape index (κ1) is 9.80. The number of aromatic hydroxyl groups is 2. The molecule has 0 fully saturated rings. The van der Waals surface area contributed by atoms with Crippen LogP contribution in [0.5, 0.6) is 11.5 Å². The molecule has 4 N–H and O–H groups in total. The summed E-state index contributed by atoms with van der Waals surface area (Å²) in [5.74, 6) is -2.01. The molecule has 1 unspecified atom stereocenters. The maximum absolute atomic E-state index is 13.2. The summed E-state index contributed by atoms with van der Waals surface area (Å²) in [5, 5.41) is 18.3. The summed E-state index contributed by atoms with van der Waals surface area (Å²) in [6, 6.07) is 0.917.